The molecule has 6 nitrogen and oxygen atoms in total. The monoisotopic (exact) mass is 949 g/mol. The lowest BCUT2D eigenvalue weighted by atomic mass is 9.80. The van der Waals surface area contributed by atoms with E-state index in [9.17, 15) is 5.11 Å². The quantitative estimate of drug-likeness (QED) is 0.162. The summed E-state index contributed by atoms with van der Waals surface area (Å²) in [6.07, 6.45) is 1.93. The number of fused-ring (bicyclic) bond motifs is 4. The molecule has 0 amide bonds. The largest absolute Gasteiger partial charge is 0.509 e. The smallest absolute Gasteiger partial charge is 0.190 e. The highest BCUT2D eigenvalue weighted by Crippen LogP contribution is 2.43. The molecule has 0 fully saturated rings. The van der Waals surface area contributed by atoms with Gasteiger partial charge in [-0.25, -0.2) is 9.83 Å². The van der Waals surface area contributed by atoms with Crippen molar-refractivity contribution in [3.8, 4) is 73.2 Å². The Labute approximate surface area is 428 Å². The molecule has 0 aliphatic carbocycles. The van der Waals surface area contributed by atoms with E-state index in [2.05, 4.69) is 240 Å². The summed E-state index contributed by atoms with van der Waals surface area (Å²) in [5.74, 6) is 0.611. The van der Waals surface area contributed by atoms with Crippen LogP contribution in [0.3, 0.4) is 0 Å². The highest BCUT2D eigenvalue weighted by atomic mass is 16.3. The zero-order chi connectivity index (χ0) is 51.0. The topological polar surface area (TPSA) is 60.2 Å². The summed E-state index contributed by atoms with van der Waals surface area (Å²) in [7, 11) is 0. The van der Waals surface area contributed by atoms with E-state index in [1.165, 1.54) is 44.7 Å². The van der Waals surface area contributed by atoms with Gasteiger partial charge in [-0.05, 0) is 134 Å². The number of para-hydroxylation sites is 2. The number of benzene rings is 8. The van der Waals surface area contributed by atoms with Crippen molar-refractivity contribution in [3.05, 3.63) is 216 Å². The maximum absolute atomic E-state index is 11.6. The Morgan fingerprint density at radius 3 is 1.79 bits per heavy atom. The first-order chi connectivity index (χ1) is 34.9. The predicted molar refractivity (Wildman–Crippen MR) is 304 cm³/mol. The Bertz CT molecular complexity index is 3960. The third-order valence-electron chi connectivity index (χ3n) is 14.3. The Morgan fingerprint density at radius 1 is 0.438 bits per heavy atom. The van der Waals surface area contributed by atoms with Gasteiger partial charge < -0.3 is 9.67 Å². The number of phenols is 1. The van der Waals surface area contributed by atoms with E-state index in [1.54, 1.807) is 6.07 Å². The van der Waals surface area contributed by atoms with Crippen molar-refractivity contribution in [1.82, 2.24) is 19.1 Å². The SMILES string of the molecule is [C-]#[N+]c1ccc(-c2nc3c(-c4cc(-c5cc(-c6ccc7c8ccccc8n(-c8cccc(-c9ccccc9)c8)c7c6)ccn5)cc(C(C)(C)C)c4)cccc3n2-c2cc(C(C)(C)C)cc(C(C)(C)C)c2)c(O)c1. The van der Waals surface area contributed by atoms with E-state index < -0.39 is 0 Å². The summed E-state index contributed by atoms with van der Waals surface area (Å²) in [4.78, 5) is 14.1. The van der Waals surface area contributed by atoms with Gasteiger partial charge in [0.15, 0.2) is 5.69 Å². The number of rotatable bonds is 7. The average Bonchev–Trinajstić information content (AvgIpc) is 3.94. The van der Waals surface area contributed by atoms with Crippen LogP contribution in [0.25, 0.3) is 105 Å². The molecule has 11 rings (SSSR count). The maximum atomic E-state index is 11.6. The fourth-order valence-corrected chi connectivity index (χ4v) is 10.2. The van der Waals surface area contributed by atoms with Crippen LogP contribution in [0.2, 0.25) is 0 Å². The molecule has 6 heteroatoms. The molecule has 3 aromatic heterocycles. The number of hydrogen-bond donors (Lipinski definition) is 1. The van der Waals surface area contributed by atoms with Gasteiger partial charge in [0.1, 0.15) is 11.6 Å². The van der Waals surface area contributed by atoms with Crippen molar-refractivity contribution in [2.75, 3.05) is 0 Å². The highest BCUT2D eigenvalue weighted by molar-refractivity contribution is 6.10. The number of pyridine rings is 1. The van der Waals surface area contributed by atoms with Crippen LogP contribution in [0.1, 0.15) is 79.0 Å². The lowest BCUT2D eigenvalue weighted by Crippen LogP contribution is -2.17. The van der Waals surface area contributed by atoms with Crippen molar-refractivity contribution >= 4 is 38.5 Å². The third kappa shape index (κ3) is 8.65. The van der Waals surface area contributed by atoms with Gasteiger partial charge in [-0.2, -0.15) is 0 Å². The number of nitrogens with zero attached hydrogens (tertiary/aromatic N) is 5. The van der Waals surface area contributed by atoms with Crippen LogP contribution in [0.4, 0.5) is 5.69 Å². The number of hydrogen-bond acceptors (Lipinski definition) is 3. The Hall–Kier alpha value is -8.53. The minimum atomic E-state index is -0.190. The minimum absolute atomic E-state index is 0.00970. The van der Waals surface area contributed by atoms with Gasteiger partial charge >= 0.3 is 0 Å². The third-order valence-corrected chi connectivity index (χ3v) is 14.3. The molecule has 0 aliphatic heterocycles. The maximum Gasteiger partial charge on any atom is 0.190 e. The normalized spacial score (nSPS) is 12.2. The van der Waals surface area contributed by atoms with E-state index in [-0.39, 0.29) is 22.0 Å². The van der Waals surface area contributed by atoms with Crippen molar-refractivity contribution < 1.29 is 5.11 Å². The van der Waals surface area contributed by atoms with Gasteiger partial charge in [0.25, 0.3) is 0 Å². The fourth-order valence-electron chi connectivity index (χ4n) is 10.2. The number of imidazole rings is 1. The minimum Gasteiger partial charge on any atom is -0.509 e. The second kappa shape index (κ2) is 17.6. The summed E-state index contributed by atoms with van der Waals surface area (Å²) in [5, 5.41) is 14.0. The molecular formula is C67H59N5O. The first-order valence-corrected chi connectivity index (χ1v) is 25.1. The zero-order valence-electron chi connectivity index (χ0n) is 43.1. The number of aromatic hydroxyl groups is 1. The van der Waals surface area contributed by atoms with Crippen LogP contribution in [0.5, 0.6) is 5.75 Å². The van der Waals surface area contributed by atoms with Crippen LogP contribution in [0, 0.1) is 6.57 Å². The molecule has 0 spiro atoms. The van der Waals surface area contributed by atoms with E-state index in [0.717, 1.165) is 67.0 Å². The van der Waals surface area contributed by atoms with Gasteiger partial charge in [0.05, 0.1) is 39.9 Å². The molecule has 0 bridgehead atoms. The van der Waals surface area contributed by atoms with E-state index in [1.807, 2.05) is 12.3 Å². The van der Waals surface area contributed by atoms with Gasteiger partial charge in [0.2, 0.25) is 0 Å². The highest BCUT2D eigenvalue weighted by Gasteiger charge is 2.26. The second-order valence-electron chi connectivity index (χ2n) is 22.5. The van der Waals surface area contributed by atoms with Crippen LogP contribution in [-0.4, -0.2) is 24.2 Å². The fraction of sp³-hybridized carbons (Fsp3) is 0.179. The van der Waals surface area contributed by atoms with Gasteiger partial charge in [0, 0.05) is 39.5 Å². The van der Waals surface area contributed by atoms with Crippen LogP contribution >= 0.6 is 0 Å². The summed E-state index contributed by atoms with van der Waals surface area (Å²) >= 11 is 0. The molecule has 73 heavy (non-hydrogen) atoms. The van der Waals surface area contributed by atoms with Crippen LogP contribution in [0.15, 0.2) is 188 Å². The van der Waals surface area contributed by atoms with Crippen molar-refractivity contribution in [1.29, 1.82) is 0 Å². The molecule has 3 heterocycles. The Balaban J connectivity index is 1.07. The lowest BCUT2D eigenvalue weighted by Gasteiger charge is -2.27. The van der Waals surface area contributed by atoms with Gasteiger partial charge in [-0.3, -0.25) is 9.55 Å². The zero-order valence-corrected chi connectivity index (χ0v) is 43.1. The van der Waals surface area contributed by atoms with E-state index in [4.69, 9.17) is 16.5 Å². The van der Waals surface area contributed by atoms with E-state index in [0.29, 0.717) is 17.1 Å². The van der Waals surface area contributed by atoms with E-state index >= 15 is 0 Å². The van der Waals surface area contributed by atoms with Crippen molar-refractivity contribution in [2.45, 2.75) is 78.6 Å². The van der Waals surface area contributed by atoms with Gasteiger partial charge in [-0.15, -0.1) is 0 Å². The molecule has 11 aromatic rings. The molecular weight excluding hydrogens is 891 g/mol. The summed E-state index contributed by atoms with van der Waals surface area (Å²) in [6.45, 7) is 27.9. The first kappa shape index (κ1) is 46.8. The molecule has 0 saturated heterocycles. The molecule has 8 aromatic carbocycles. The molecule has 0 unspecified atom stereocenters. The molecule has 0 aliphatic rings. The summed E-state index contributed by atoms with van der Waals surface area (Å²) < 4.78 is 4.58. The second-order valence-corrected chi connectivity index (χ2v) is 22.5. The van der Waals surface area contributed by atoms with Crippen molar-refractivity contribution in [3.63, 3.8) is 0 Å². The van der Waals surface area contributed by atoms with Crippen LogP contribution in [-0.2, 0) is 16.2 Å². The first-order valence-electron chi connectivity index (χ1n) is 25.1. The van der Waals surface area contributed by atoms with Crippen LogP contribution < -0.4 is 0 Å². The molecule has 0 radical (unpaired) electrons. The predicted octanol–water partition coefficient (Wildman–Crippen LogP) is 18.0. The number of phenolic OH excluding ortho intramolecular Hbond substituents is 1. The number of aromatic nitrogens is 4. The lowest BCUT2D eigenvalue weighted by molar-refractivity contribution is 0.477. The Kier molecular flexibility index (Phi) is 11.3. The summed E-state index contributed by atoms with van der Waals surface area (Å²) in [6, 6.07) is 64.3. The standard InChI is InChI=1S/C67H59N5O/c1-65(2,3)48-33-46(54-23-17-25-60-63(54)70-64(57-29-27-51(68-10)41-62(57)73)72(60)53-39-49(66(4,5)6)38-50(40-53)67(7,8)9)32-47(34-48)58-36-45(30-31-69-58)44-26-28-56-55-22-14-15-24-59(55)71(61(56)37-44)52-21-16-20-43(35-52)42-18-12-11-13-19-42/h11-41,73H,1-9H3. The molecule has 1 N–H and O–H groups in total. The Morgan fingerprint density at radius 2 is 1.07 bits per heavy atom. The molecule has 358 valence electrons. The molecule has 0 saturated carbocycles. The van der Waals surface area contributed by atoms with Gasteiger partial charge in [-0.1, -0.05) is 172 Å². The average molecular weight is 950 g/mol. The summed E-state index contributed by atoms with van der Waals surface area (Å²) in [5.41, 5.74) is 18.6. The van der Waals surface area contributed by atoms with Crippen molar-refractivity contribution in [2.24, 2.45) is 0 Å². The molecule has 0 atom stereocenters.